The van der Waals surface area contributed by atoms with E-state index in [2.05, 4.69) is 5.32 Å². The summed E-state index contributed by atoms with van der Waals surface area (Å²) in [6, 6.07) is 14.0. The Morgan fingerprint density at radius 2 is 1.67 bits per heavy atom. The summed E-state index contributed by atoms with van der Waals surface area (Å²) < 4.78 is 10.9. The lowest BCUT2D eigenvalue weighted by Crippen LogP contribution is -2.52. The zero-order valence-electron chi connectivity index (χ0n) is 19.4. The second kappa shape index (κ2) is 12.5. The number of halogens is 1. The van der Waals surface area contributed by atoms with Crippen LogP contribution in [-0.4, -0.2) is 42.5 Å². The lowest BCUT2D eigenvalue weighted by molar-refractivity contribution is -0.143. The Kier molecular flexibility index (Phi) is 9.43. The van der Waals surface area contributed by atoms with Gasteiger partial charge in [-0.1, -0.05) is 49.9 Å². The summed E-state index contributed by atoms with van der Waals surface area (Å²) in [5, 5.41) is 3.80. The van der Waals surface area contributed by atoms with Gasteiger partial charge in [-0.05, 0) is 61.2 Å². The number of methoxy groups -OCH3 is 1. The predicted octanol–water partition coefficient (Wildman–Crippen LogP) is 4.98. The van der Waals surface area contributed by atoms with Gasteiger partial charge in [0.1, 0.15) is 17.5 Å². The molecule has 0 aliphatic heterocycles. The Morgan fingerprint density at radius 3 is 2.27 bits per heavy atom. The molecule has 33 heavy (non-hydrogen) atoms. The zero-order chi connectivity index (χ0) is 23.6. The van der Waals surface area contributed by atoms with Crippen LogP contribution in [0.5, 0.6) is 11.5 Å². The number of nitrogens with zero attached hydrogens (tertiary/aromatic N) is 1. The minimum atomic E-state index is -0.574. The lowest BCUT2D eigenvalue weighted by atomic mass is 9.95. The van der Waals surface area contributed by atoms with Crippen molar-refractivity contribution in [3.63, 3.8) is 0 Å². The molecular weight excluding hydrogens is 440 g/mol. The van der Waals surface area contributed by atoms with E-state index in [0.717, 1.165) is 31.2 Å². The summed E-state index contributed by atoms with van der Waals surface area (Å²) in [7, 11) is 1.59. The number of ether oxygens (including phenoxy) is 2. The third-order valence-electron chi connectivity index (χ3n) is 6.03. The number of nitrogens with one attached hydrogen (secondary N) is 1. The topological polar surface area (TPSA) is 67.9 Å². The molecule has 1 N–H and O–H groups in total. The monoisotopic (exact) mass is 472 g/mol. The van der Waals surface area contributed by atoms with Gasteiger partial charge in [-0.3, -0.25) is 9.59 Å². The van der Waals surface area contributed by atoms with Gasteiger partial charge < -0.3 is 19.7 Å². The molecule has 1 aliphatic carbocycles. The fourth-order valence-corrected chi connectivity index (χ4v) is 4.28. The van der Waals surface area contributed by atoms with Crippen LogP contribution in [0.4, 0.5) is 0 Å². The number of benzene rings is 2. The van der Waals surface area contributed by atoms with Crippen LogP contribution in [0.3, 0.4) is 0 Å². The number of rotatable bonds is 10. The third kappa shape index (κ3) is 7.39. The minimum absolute atomic E-state index is 0.101. The highest BCUT2D eigenvalue weighted by molar-refractivity contribution is 6.30. The second-order valence-corrected chi connectivity index (χ2v) is 8.82. The molecule has 3 rings (SSSR count). The van der Waals surface area contributed by atoms with Gasteiger partial charge in [-0.2, -0.15) is 0 Å². The molecule has 2 amide bonds. The van der Waals surface area contributed by atoms with Crippen molar-refractivity contribution in [2.75, 3.05) is 13.7 Å². The van der Waals surface area contributed by atoms with Crippen LogP contribution in [0, 0.1) is 0 Å². The SMILES string of the molecule is CC[C@H](C(=O)NC1CCCCC1)N(Cc1ccc(Cl)cc1)C(=O)COc1ccc(OC)cc1. The van der Waals surface area contributed by atoms with Crippen molar-refractivity contribution >= 4 is 23.4 Å². The lowest BCUT2D eigenvalue weighted by Gasteiger charge is -2.32. The van der Waals surface area contributed by atoms with Gasteiger partial charge in [-0.15, -0.1) is 0 Å². The van der Waals surface area contributed by atoms with Gasteiger partial charge in [0.25, 0.3) is 5.91 Å². The van der Waals surface area contributed by atoms with Gasteiger partial charge in [0.2, 0.25) is 5.91 Å². The van der Waals surface area contributed by atoms with Crippen molar-refractivity contribution in [3.8, 4) is 11.5 Å². The summed E-state index contributed by atoms with van der Waals surface area (Å²) in [6.07, 6.45) is 5.98. The van der Waals surface area contributed by atoms with E-state index in [0.29, 0.717) is 29.5 Å². The Hall–Kier alpha value is -2.73. The molecule has 1 aliphatic rings. The van der Waals surface area contributed by atoms with Crippen molar-refractivity contribution in [1.82, 2.24) is 10.2 Å². The fraction of sp³-hybridized carbons (Fsp3) is 0.462. The number of carbonyl (C=O) groups is 2. The second-order valence-electron chi connectivity index (χ2n) is 8.38. The molecule has 0 spiro atoms. The fourth-order valence-electron chi connectivity index (χ4n) is 4.15. The predicted molar refractivity (Wildman–Crippen MR) is 130 cm³/mol. The van der Waals surface area contributed by atoms with Crippen molar-refractivity contribution in [2.24, 2.45) is 0 Å². The molecular formula is C26H33ClN2O4. The van der Waals surface area contributed by atoms with Crippen LogP contribution in [0.15, 0.2) is 48.5 Å². The van der Waals surface area contributed by atoms with Crippen LogP contribution >= 0.6 is 11.6 Å². The van der Waals surface area contributed by atoms with E-state index in [9.17, 15) is 9.59 Å². The van der Waals surface area contributed by atoms with E-state index in [1.54, 1.807) is 48.4 Å². The Balaban J connectivity index is 1.73. The first-order valence-electron chi connectivity index (χ1n) is 11.6. The normalized spacial score (nSPS) is 14.9. The van der Waals surface area contributed by atoms with Crippen LogP contribution in [0.2, 0.25) is 5.02 Å². The Morgan fingerprint density at radius 1 is 1.03 bits per heavy atom. The summed E-state index contributed by atoms with van der Waals surface area (Å²) in [4.78, 5) is 28.1. The molecule has 1 saturated carbocycles. The van der Waals surface area contributed by atoms with E-state index in [4.69, 9.17) is 21.1 Å². The molecule has 1 fully saturated rings. The molecule has 178 valence electrons. The maximum Gasteiger partial charge on any atom is 0.261 e. The van der Waals surface area contributed by atoms with Crippen molar-refractivity contribution in [1.29, 1.82) is 0 Å². The van der Waals surface area contributed by atoms with Crippen LogP contribution in [0.1, 0.15) is 51.0 Å². The summed E-state index contributed by atoms with van der Waals surface area (Å²) in [6.45, 7) is 2.07. The maximum atomic E-state index is 13.3. The van der Waals surface area contributed by atoms with Crippen molar-refractivity contribution in [3.05, 3.63) is 59.1 Å². The first-order chi connectivity index (χ1) is 16.0. The van der Waals surface area contributed by atoms with Crippen molar-refractivity contribution < 1.29 is 19.1 Å². The highest BCUT2D eigenvalue weighted by Gasteiger charge is 2.30. The smallest absolute Gasteiger partial charge is 0.261 e. The number of hydrogen-bond acceptors (Lipinski definition) is 4. The number of amides is 2. The van der Waals surface area contributed by atoms with E-state index in [1.165, 1.54) is 6.42 Å². The third-order valence-corrected chi connectivity index (χ3v) is 6.28. The molecule has 0 unspecified atom stereocenters. The summed E-state index contributed by atoms with van der Waals surface area (Å²) in [5.41, 5.74) is 0.904. The van der Waals surface area contributed by atoms with Crippen LogP contribution in [-0.2, 0) is 16.1 Å². The standard InChI is InChI=1S/C26H33ClN2O4/c1-3-24(26(31)28-21-7-5-4-6-8-21)29(17-19-9-11-20(27)12-10-19)25(30)18-33-23-15-13-22(32-2)14-16-23/h9-16,21,24H,3-8,17-18H2,1-2H3,(H,28,31)/t24-/m1/s1. The molecule has 0 heterocycles. The summed E-state index contributed by atoms with van der Waals surface area (Å²) >= 11 is 6.03. The summed E-state index contributed by atoms with van der Waals surface area (Å²) in [5.74, 6) is 0.932. The molecule has 7 heteroatoms. The molecule has 1 atom stereocenters. The van der Waals surface area contributed by atoms with E-state index >= 15 is 0 Å². The number of carbonyl (C=O) groups excluding carboxylic acids is 2. The molecule has 0 radical (unpaired) electrons. The van der Waals surface area contributed by atoms with Gasteiger partial charge in [0.05, 0.1) is 7.11 Å². The van der Waals surface area contributed by atoms with Gasteiger partial charge in [0, 0.05) is 17.6 Å². The van der Waals surface area contributed by atoms with Gasteiger partial charge >= 0.3 is 0 Å². The quantitative estimate of drug-likeness (QED) is 0.529. The largest absolute Gasteiger partial charge is 0.497 e. The number of hydrogen-bond donors (Lipinski definition) is 1. The maximum absolute atomic E-state index is 13.3. The zero-order valence-corrected chi connectivity index (χ0v) is 20.1. The van der Waals surface area contributed by atoms with E-state index < -0.39 is 6.04 Å². The first-order valence-corrected chi connectivity index (χ1v) is 12.0. The van der Waals surface area contributed by atoms with Crippen LogP contribution < -0.4 is 14.8 Å². The molecule has 2 aromatic rings. The average Bonchev–Trinajstić information content (AvgIpc) is 2.84. The minimum Gasteiger partial charge on any atom is -0.497 e. The Bertz CT molecular complexity index is 896. The van der Waals surface area contributed by atoms with Gasteiger partial charge in [0.15, 0.2) is 6.61 Å². The molecule has 0 aromatic heterocycles. The molecule has 0 bridgehead atoms. The van der Waals surface area contributed by atoms with E-state index in [-0.39, 0.29) is 24.5 Å². The Labute approximate surface area is 201 Å². The van der Waals surface area contributed by atoms with E-state index in [1.807, 2.05) is 19.1 Å². The molecule has 6 nitrogen and oxygen atoms in total. The molecule has 2 aromatic carbocycles. The molecule has 0 saturated heterocycles. The van der Waals surface area contributed by atoms with Gasteiger partial charge in [-0.25, -0.2) is 0 Å². The first kappa shape index (κ1) is 24.9. The highest BCUT2D eigenvalue weighted by atomic mass is 35.5. The van der Waals surface area contributed by atoms with Crippen LogP contribution in [0.25, 0.3) is 0 Å². The van der Waals surface area contributed by atoms with Crippen molar-refractivity contribution in [2.45, 2.75) is 64.1 Å². The average molecular weight is 473 g/mol. The highest BCUT2D eigenvalue weighted by Crippen LogP contribution is 2.21.